The van der Waals surface area contributed by atoms with E-state index in [1.165, 1.54) is 0 Å². The van der Waals surface area contributed by atoms with Crippen molar-refractivity contribution in [2.75, 3.05) is 0 Å². The van der Waals surface area contributed by atoms with Gasteiger partial charge in [-0.3, -0.25) is 0 Å². The molecule has 0 aliphatic heterocycles. The Kier molecular flexibility index (Phi) is 4.17. The van der Waals surface area contributed by atoms with Crippen LogP contribution >= 0.6 is 11.6 Å². The van der Waals surface area contributed by atoms with Crippen LogP contribution in [0.3, 0.4) is 0 Å². The second-order valence-corrected chi connectivity index (χ2v) is 5.59. The number of halogens is 1. The van der Waals surface area contributed by atoms with Crippen molar-refractivity contribution >= 4 is 34.3 Å². The number of phenols is 1. The average Bonchev–Trinajstić information content (AvgIpc) is 2.88. The topological polar surface area (TPSA) is 50.4 Å². The van der Waals surface area contributed by atoms with Gasteiger partial charge in [-0.25, -0.2) is 9.98 Å². The molecule has 0 saturated carbocycles. The van der Waals surface area contributed by atoms with E-state index in [2.05, 4.69) is 16.6 Å². The van der Waals surface area contributed by atoms with E-state index in [0.717, 1.165) is 11.0 Å². The lowest BCUT2D eigenvalue weighted by Crippen LogP contribution is -1.99. The number of aromatic nitrogens is 2. The first-order valence-corrected chi connectivity index (χ1v) is 7.58. The average molecular weight is 326 g/mol. The monoisotopic (exact) mass is 325 g/mol. The van der Waals surface area contributed by atoms with Gasteiger partial charge in [0.25, 0.3) is 0 Å². The maximum absolute atomic E-state index is 10.0. The third kappa shape index (κ3) is 2.98. The van der Waals surface area contributed by atoms with Crippen LogP contribution in [-0.2, 0) is 6.54 Å². The highest BCUT2D eigenvalue weighted by molar-refractivity contribution is 6.31. The van der Waals surface area contributed by atoms with E-state index in [9.17, 15) is 5.11 Å². The lowest BCUT2D eigenvalue weighted by atomic mass is 10.1. The first kappa shape index (κ1) is 15.3. The minimum atomic E-state index is 0.141. The number of nitrogens with zero attached hydrogens (tertiary/aromatic N) is 3. The predicted molar refractivity (Wildman–Crippen MR) is 94.9 cm³/mol. The van der Waals surface area contributed by atoms with Crippen LogP contribution in [0.5, 0.6) is 5.75 Å². The fraction of sp³-hybridized carbons (Fsp3) is 0.111. The van der Waals surface area contributed by atoms with Gasteiger partial charge < -0.3 is 9.67 Å². The lowest BCUT2D eigenvalue weighted by Gasteiger charge is -2.06. The van der Waals surface area contributed by atoms with Gasteiger partial charge >= 0.3 is 0 Å². The zero-order valence-electron chi connectivity index (χ0n) is 12.7. The van der Waals surface area contributed by atoms with E-state index in [0.29, 0.717) is 28.8 Å². The first-order valence-electron chi connectivity index (χ1n) is 7.20. The zero-order chi connectivity index (χ0) is 16.4. The summed E-state index contributed by atoms with van der Waals surface area (Å²) in [6, 6.07) is 12.7. The molecule has 1 aromatic heterocycles. The second kappa shape index (κ2) is 6.26. The maximum atomic E-state index is 10.0. The minimum absolute atomic E-state index is 0.141. The van der Waals surface area contributed by atoms with E-state index in [4.69, 9.17) is 11.6 Å². The van der Waals surface area contributed by atoms with Crippen molar-refractivity contribution in [3.05, 3.63) is 65.7 Å². The highest BCUT2D eigenvalue weighted by atomic mass is 35.5. The zero-order valence-corrected chi connectivity index (χ0v) is 13.5. The number of hydrogen-bond donors (Lipinski definition) is 1. The normalized spacial score (nSPS) is 11.8. The number of aromatic hydroxyl groups is 1. The van der Waals surface area contributed by atoms with Gasteiger partial charge in [-0.15, -0.1) is 6.58 Å². The van der Waals surface area contributed by atoms with Gasteiger partial charge in [-0.1, -0.05) is 29.8 Å². The number of allylic oxidation sites excluding steroid dienone is 1. The molecule has 23 heavy (non-hydrogen) atoms. The molecule has 1 heterocycles. The molecule has 1 N–H and O–H groups in total. The smallest absolute Gasteiger partial charge is 0.231 e. The second-order valence-electron chi connectivity index (χ2n) is 5.16. The molecule has 2 aromatic carbocycles. The van der Waals surface area contributed by atoms with Gasteiger partial charge in [-0.2, -0.15) is 0 Å². The molecule has 4 nitrogen and oxygen atoms in total. The Balaban J connectivity index is 2.14. The van der Waals surface area contributed by atoms with Crippen LogP contribution in [0.25, 0.3) is 11.0 Å². The quantitative estimate of drug-likeness (QED) is 0.557. The largest absolute Gasteiger partial charge is 0.507 e. The van der Waals surface area contributed by atoms with Crippen molar-refractivity contribution < 1.29 is 5.11 Å². The fourth-order valence-electron chi connectivity index (χ4n) is 2.47. The van der Waals surface area contributed by atoms with E-state index in [-0.39, 0.29) is 5.75 Å². The SMILES string of the molecule is C=CCn1c(/N=C(\C)c2cc(Cl)ccc2O)nc2ccccc21. The molecule has 0 saturated heterocycles. The molecule has 0 spiro atoms. The number of aliphatic imine (C=N–C) groups is 1. The van der Waals surface area contributed by atoms with Crippen molar-refractivity contribution in [3.63, 3.8) is 0 Å². The molecule has 3 rings (SSSR count). The highest BCUT2D eigenvalue weighted by Crippen LogP contribution is 2.26. The van der Waals surface area contributed by atoms with Crippen molar-refractivity contribution in [1.82, 2.24) is 9.55 Å². The molecule has 5 heteroatoms. The fourth-order valence-corrected chi connectivity index (χ4v) is 2.64. The Bertz CT molecular complexity index is 912. The van der Waals surface area contributed by atoms with Crippen LogP contribution in [0.15, 0.2) is 60.1 Å². The molecule has 3 aromatic rings. The van der Waals surface area contributed by atoms with Crippen LogP contribution in [-0.4, -0.2) is 20.4 Å². The molecule has 0 unspecified atom stereocenters. The number of phenolic OH excluding ortho intramolecular Hbond substituents is 1. The number of benzene rings is 2. The van der Waals surface area contributed by atoms with Crippen molar-refractivity contribution in [3.8, 4) is 5.75 Å². The van der Waals surface area contributed by atoms with Crippen molar-refractivity contribution in [1.29, 1.82) is 0 Å². The molecule has 116 valence electrons. The summed E-state index contributed by atoms with van der Waals surface area (Å²) >= 11 is 6.01. The summed E-state index contributed by atoms with van der Waals surface area (Å²) in [5, 5.41) is 10.6. The number of imidazole rings is 1. The van der Waals surface area contributed by atoms with Crippen LogP contribution in [0.1, 0.15) is 12.5 Å². The maximum Gasteiger partial charge on any atom is 0.231 e. The molecule has 0 aliphatic rings. The van der Waals surface area contributed by atoms with E-state index in [1.54, 1.807) is 24.3 Å². The minimum Gasteiger partial charge on any atom is -0.507 e. The summed E-state index contributed by atoms with van der Waals surface area (Å²) in [6.07, 6.45) is 1.80. The van der Waals surface area contributed by atoms with Gasteiger partial charge in [0.15, 0.2) is 0 Å². The Hall–Kier alpha value is -2.59. The van der Waals surface area contributed by atoms with Crippen LogP contribution in [0, 0.1) is 0 Å². The third-order valence-corrected chi connectivity index (χ3v) is 3.80. The van der Waals surface area contributed by atoms with Gasteiger partial charge in [0.05, 0.1) is 16.7 Å². The highest BCUT2D eigenvalue weighted by Gasteiger charge is 2.11. The number of fused-ring (bicyclic) bond motifs is 1. The molecular formula is C18H16ClN3O. The first-order chi connectivity index (χ1) is 11.1. The van der Waals surface area contributed by atoms with Gasteiger partial charge in [0.1, 0.15) is 5.75 Å². The molecule has 0 atom stereocenters. The predicted octanol–water partition coefficient (Wildman–Crippen LogP) is 4.72. The van der Waals surface area contributed by atoms with E-state index < -0.39 is 0 Å². The number of para-hydroxylation sites is 2. The molecule has 0 radical (unpaired) electrons. The van der Waals surface area contributed by atoms with Crippen molar-refractivity contribution in [2.24, 2.45) is 4.99 Å². The Morgan fingerprint density at radius 1 is 1.35 bits per heavy atom. The molecule has 0 aliphatic carbocycles. The van der Waals surface area contributed by atoms with Crippen molar-refractivity contribution in [2.45, 2.75) is 13.5 Å². The number of rotatable bonds is 4. The van der Waals surface area contributed by atoms with Gasteiger partial charge in [0.2, 0.25) is 5.95 Å². The summed E-state index contributed by atoms with van der Waals surface area (Å²) in [5.41, 5.74) is 3.10. The Morgan fingerprint density at radius 2 is 2.13 bits per heavy atom. The third-order valence-electron chi connectivity index (χ3n) is 3.56. The van der Waals surface area contributed by atoms with Crippen LogP contribution in [0.2, 0.25) is 5.02 Å². The van der Waals surface area contributed by atoms with E-state index in [1.807, 2.05) is 35.8 Å². The molecular weight excluding hydrogens is 310 g/mol. The van der Waals surface area contributed by atoms with Crippen LogP contribution < -0.4 is 0 Å². The lowest BCUT2D eigenvalue weighted by molar-refractivity contribution is 0.474. The molecule has 0 fully saturated rings. The molecule has 0 bridgehead atoms. The summed E-state index contributed by atoms with van der Waals surface area (Å²) in [7, 11) is 0. The standard InChI is InChI=1S/C18H16ClN3O/c1-3-10-22-16-7-5-4-6-15(16)21-18(22)20-12(2)14-11-13(19)8-9-17(14)23/h3-9,11,23H,1,10H2,2H3/b20-12+. The van der Waals surface area contributed by atoms with Crippen LogP contribution in [0.4, 0.5) is 5.95 Å². The molecule has 0 amide bonds. The van der Waals surface area contributed by atoms with Gasteiger partial charge in [-0.05, 0) is 37.3 Å². The summed E-state index contributed by atoms with van der Waals surface area (Å²) in [6.45, 7) is 6.22. The Labute approximate surface area is 139 Å². The summed E-state index contributed by atoms with van der Waals surface area (Å²) in [5.74, 6) is 0.713. The number of hydrogen-bond acceptors (Lipinski definition) is 3. The van der Waals surface area contributed by atoms with Gasteiger partial charge in [0, 0.05) is 17.1 Å². The summed E-state index contributed by atoms with van der Waals surface area (Å²) < 4.78 is 1.98. The Morgan fingerprint density at radius 3 is 2.91 bits per heavy atom. The van der Waals surface area contributed by atoms with E-state index >= 15 is 0 Å². The summed E-state index contributed by atoms with van der Waals surface area (Å²) in [4.78, 5) is 9.15.